The Morgan fingerprint density at radius 1 is 1.37 bits per heavy atom. The average molecular weight is 259 g/mol. The first-order valence-corrected chi connectivity index (χ1v) is 6.05. The highest BCUT2D eigenvalue weighted by molar-refractivity contribution is 6.04. The van der Waals surface area contributed by atoms with Crippen LogP contribution >= 0.6 is 0 Å². The number of nitrogens with one attached hydrogen (secondary N) is 1. The van der Waals surface area contributed by atoms with Crippen LogP contribution in [0.5, 0.6) is 5.75 Å². The van der Waals surface area contributed by atoms with Gasteiger partial charge in [0.1, 0.15) is 11.4 Å². The van der Waals surface area contributed by atoms with E-state index >= 15 is 0 Å². The van der Waals surface area contributed by atoms with Crippen molar-refractivity contribution in [3.8, 4) is 5.75 Å². The number of phenolic OH excluding ortho intramolecular Hbond substituents is 1. The van der Waals surface area contributed by atoms with Crippen LogP contribution in [0.3, 0.4) is 0 Å². The number of nitrogens with zero attached hydrogens (tertiary/aromatic N) is 1. The van der Waals surface area contributed by atoms with E-state index in [0.29, 0.717) is 17.1 Å². The second kappa shape index (κ2) is 5.06. The maximum absolute atomic E-state index is 12.2. The number of hydrogen-bond donors (Lipinski definition) is 3. The third-order valence-electron chi connectivity index (χ3n) is 2.76. The largest absolute Gasteiger partial charge is 0.508 e. The fourth-order valence-electron chi connectivity index (χ4n) is 1.89. The van der Waals surface area contributed by atoms with Gasteiger partial charge in [0.25, 0.3) is 5.91 Å². The van der Waals surface area contributed by atoms with Crippen LogP contribution in [0.4, 0.5) is 11.4 Å². The van der Waals surface area contributed by atoms with E-state index in [1.165, 1.54) is 6.07 Å². The molecule has 5 nitrogen and oxygen atoms in total. The number of benzene rings is 1. The van der Waals surface area contributed by atoms with Crippen molar-refractivity contribution >= 4 is 17.3 Å². The Balaban J connectivity index is 2.25. The zero-order chi connectivity index (χ0) is 14.0. The number of aromatic hydroxyl groups is 1. The smallest absolute Gasteiger partial charge is 0.272 e. The number of phenols is 1. The third kappa shape index (κ3) is 2.88. The van der Waals surface area contributed by atoms with Crippen LogP contribution in [0.2, 0.25) is 0 Å². The Hall–Kier alpha value is -2.43. The summed E-state index contributed by atoms with van der Waals surface area (Å²) in [6, 6.07) is 8.19. The van der Waals surface area contributed by atoms with Crippen LogP contribution in [0.1, 0.15) is 30.4 Å². The Kier molecular flexibility index (Phi) is 3.46. The lowest BCUT2D eigenvalue weighted by Crippen LogP contribution is -2.17. The van der Waals surface area contributed by atoms with Crippen molar-refractivity contribution in [2.24, 2.45) is 0 Å². The second-order valence-corrected chi connectivity index (χ2v) is 4.66. The van der Waals surface area contributed by atoms with Crippen molar-refractivity contribution < 1.29 is 9.90 Å². The number of hydrogen-bond acceptors (Lipinski definition) is 3. The van der Waals surface area contributed by atoms with Gasteiger partial charge < -0.3 is 20.7 Å². The summed E-state index contributed by atoms with van der Waals surface area (Å²) in [6.07, 6.45) is 1.74. The van der Waals surface area contributed by atoms with Gasteiger partial charge in [-0.25, -0.2) is 0 Å². The molecule has 0 fully saturated rings. The number of anilines is 2. The highest BCUT2D eigenvalue weighted by atomic mass is 16.3. The van der Waals surface area contributed by atoms with Gasteiger partial charge in [0.15, 0.2) is 0 Å². The maximum atomic E-state index is 12.2. The summed E-state index contributed by atoms with van der Waals surface area (Å²) in [7, 11) is 0. The van der Waals surface area contributed by atoms with Gasteiger partial charge in [0.2, 0.25) is 0 Å². The Morgan fingerprint density at radius 2 is 2.11 bits per heavy atom. The fourth-order valence-corrected chi connectivity index (χ4v) is 1.89. The van der Waals surface area contributed by atoms with E-state index in [1.807, 2.05) is 18.4 Å². The van der Waals surface area contributed by atoms with E-state index in [4.69, 9.17) is 5.73 Å². The van der Waals surface area contributed by atoms with Gasteiger partial charge in [-0.2, -0.15) is 0 Å². The van der Waals surface area contributed by atoms with Gasteiger partial charge in [-0.3, -0.25) is 4.79 Å². The summed E-state index contributed by atoms with van der Waals surface area (Å²) < 4.78 is 1.81. The standard InChI is InChI=1S/C14H17N3O2/c1-9(2)17-8-10(15)6-13(17)14(19)16-11-4-3-5-12(18)7-11/h3-9,18H,15H2,1-2H3,(H,16,19). The quantitative estimate of drug-likeness (QED) is 0.792. The lowest BCUT2D eigenvalue weighted by Gasteiger charge is -2.12. The zero-order valence-electron chi connectivity index (χ0n) is 10.9. The predicted molar refractivity (Wildman–Crippen MR) is 75.3 cm³/mol. The number of amides is 1. The van der Waals surface area contributed by atoms with Gasteiger partial charge >= 0.3 is 0 Å². The minimum absolute atomic E-state index is 0.108. The first kappa shape index (κ1) is 13.0. The normalized spacial score (nSPS) is 10.7. The van der Waals surface area contributed by atoms with Crippen LogP contribution in [-0.2, 0) is 0 Å². The molecule has 1 aromatic carbocycles. The molecule has 0 atom stereocenters. The molecule has 0 bridgehead atoms. The molecule has 0 aliphatic rings. The fraction of sp³-hybridized carbons (Fsp3) is 0.214. The molecule has 0 saturated heterocycles. The van der Waals surface area contributed by atoms with Crippen LogP contribution in [0.15, 0.2) is 36.5 Å². The molecule has 2 rings (SSSR count). The molecule has 0 unspecified atom stereocenters. The number of nitrogens with two attached hydrogens (primary N) is 1. The van der Waals surface area contributed by atoms with Gasteiger partial charge in [-0.05, 0) is 32.0 Å². The molecule has 0 aliphatic carbocycles. The third-order valence-corrected chi connectivity index (χ3v) is 2.76. The molecule has 0 aliphatic heterocycles. The van der Waals surface area contributed by atoms with E-state index in [0.717, 1.165) is 0 Å². The van der Waals surface area contributed by atoms with Crippen molar-refractivity contribution in [3.63, 3.8) is 0 Å². The summed E-state index contributed by atoms with van der Waals surface area (Å²) in [5, 5.41) is 12.1. The first-order chi connectivity index (χ1) is 8.97. The number of rotatable bonds is 3. The first-order valence-electron chi connectivity index (χ1n) is 6.05. The summed E-state index contributed by atoms with van der Waals surface area (Å²) in [5.74, 6) is -0.146. The number of carbonyl (C=O) groups is 1. The lowest BCUT2D eigenvalue weighted by molar-refractivity contribution is 0.101. The molecule has 2 aromatic rings. The van der Waals surface area contributed by atoms with E-state index in [2.05, 4.69) is 5.32 Å². The van der Waals surface area contributed by atoms with Gasteiger partial charge in [0, 0.05) is 24.0 Å². The minimum atomic E-state index is -0.254. The van der Waals surface area contributed by atoms with Crippen molar-refractivity contribution in [2.45, 2.75) is 19.9 Å². The molecular formula is C14H17N3O2. The molecular weight excluding hydrogens is 242 g/mol. The SMILES string of the molecule is CC(C)n1cc(N)cc1C(=O)Nc1cccc(O)c1. The molecule has 0 saturated carbocycles. The van der Waals surface area contributed by atoms with Crippen LogP contribution in [0, 0.1) is 0 Å². The molecule has 1 aromatic heterocycles. The van der Waals surface area contributed by atoms with Crippen LogP contribution in [-0.4, -0.2) is 15.6 Å². The number of nitrogen functional groups attached to an aromatic ring is 1. The Bertz CT molecular complexity index is 602. The summed E-state index contributed by atoms with van der Waals surface area (Å²) in [6.45, 7) is 3.95. The lowest BCUT2D eigenvalue weighted by atomic mass is 10.3. The van der Waals surface area contributed by atoms with Crippen molar-refractivity contribution in [3.05, 3.63) is 42.2 Å². The van der Waals surface area contributed by atoms with Gasteiger partial charge in [-0.1, -0.05) is 6.07 Å². The molecule has 19 heavy (non-hydrogen) atoms. The van der Waals surface area contributed by atoms with Crippen molar-refractivity contribution in [2.75, 3.05) is 11.1 Å². The minimum Gasteiger partial charge on any atom is -0.508 e. The highest BCUT2D eigenvalue weighted by Gasteiger charge is 2.15. The topological polar surface area (TPSA) is 80.3 Å². The van der Waals surface area contributed by atoms with Crippen LogP contribution in [0.25, 0.3) is 0 Å². The second-order valence-electron chi connectivity index (χ2n) is 4.66. The maximum Gasteiger partial charge on any atom is 0.272 e. The predicted octanol–water partition coefficient (Wildman–Crippen LogP) is 2.61. The van der Waals surface area contributed by atoms with E-state index in [1.54, 1.807) is 30.5 Å². The molecule has 1 heterocycles. The summed E-state index contributed by atoms with van der Waals surface area (Å²) >= 11 is 0. The van der Waals surface area contributed by atoms with Crippen LogP contribution < -0.4 is 11.1 Å². The average Bonchev–Trinajstić information content (AvgIpc) is 2.71. The van der Waals surface area contributed by atoms with E-state index < -0.39 is 0 Å². The molecule has 1 amide bonds. The Labute approximate surface area is 111 Å². The molecule has 5 heteroatoms. The monoisotopic (exact) mass is 259 g/mol. The number of aromatic nitrogens is 1. The molecule has 4 N–H and O–H groups in total. The Morgan fingerprint density at radius 3 is 2.74 bits per heavy atom. The molecule has 100 valence electrons. The number of carbonyl (C=O) groups excluding carboxylic acids is 1. The van der Waals surface area contributed by atoms with E-state index in [-0.39, 0.29) is 17.7 Å². The zero-order valence-corrected chi connectivity index (χ0v) is 10.9. The summed E-state index contributed by atoms with van der Waals surface area (Å²) in [4.78, 5) is 12.2. The van der Waals surface area contributed by atoms with Crippen molar-refractivity contribution in [1.29, 1.82) is 0 Å². The summed E-state index contributed by atoms with van der Waals surface area (Å²) in [5.41, 5.74) is 7.32. The van der Waals surface area contributed by atoms with Gasteiger partial charge in [-0.15, -0.1) is 0 Å². The van der Waals surface area contributed by atoms with E-state index in [9.17, 15) is 9.90 Å². The molecule has 0 radical (unpaired) electrons. The van der Waals surface area contributed by atoms with Gasteiger partial charge in [0.05, 0.1) is 5.69 Å². The van der Waals surface area contributed by atoms with Crippen molar-refractivity contribution in [1.82, 2.24) is 4.57 Å². The molecule has 0 spiro atoms. The highest BCUT2D eigenvalue weighted by Crippen LogP contribution is 2.20.